The van der Waals surface area contributed by atoms with Crippen LogP contribution in [-0.4, -0.2) is 10.5 Å². The third-order valence-corrected chi connectivity index (χ3v) is 5.18. The average molecular weight is 383 g/mol. The molecule has 2 aromatic carbocycles. The number of benzene rings is 2. The summed E-state index contributed by atoms with van der Waals surface area (Å²) in [6.45, 7) is 2.10. The minimum absolute atomic E-state index is 0.171. The molecule has 0 radical (unpaired) electrons. The molecule has 4 nitrogen and oxygen atoms in total. The number of hydrogen-bond donors (Lipinski definition) is 1. The van der Waals surface area contributed by atoms with E-state index >= 15 is 0 Å². The molecule has 1 aromatic heterocycles. The summed E-state index contributed by atoms with van der Waals surface area (Å²) in [4.78, 5) is 25.5. The van der Waals surface area contributed by atoms with Gasteiger partial charge in [0, 0.05) is 22.1 Å². The van der Waals surface area contributed by atoms with Gasteiger partial charge in [-0.05, 0) is 53.0 Å². The van der Waals surface area contributed by atoms with Crippen LogP contribution in [0.5, 0.6) is 0 Å². The van der Waals surface area contributed by atoms with Gasteiger partial charge in [-0.3, -0.25) is 9.59 Å². The van der Waals surface area contributed by atoms with E-state index in [9.17, 15) is 9.59 Å². The maximum atomic E-state index is 12.8. The van der Waals surface area contributed by atoms with Crippen LogP contribution in [0, 0.1) is 0 Å². The standard InChI is InChI=1S/C19H15BrN2O2/c1-11-9-12-5-4-6-13-17(12)22(11)10-14(18(13)23)19(24)21-16-8-3-2-7-15(16)20/h2-8,10-11H,9H2,1H3,(H,21,24). The number of carbonyl (C=O) groups excluding carboxylic acids is 1. The van der Waals surface area contributed by atoms with Gasteiger partial charge in [-0.25, -0.2) is 0 Å². The summed E-state index contributed by atoms with van der Waals surface area (Å²) in [5, 5.41) is 3.42. The minimum Gasteiger partial charge on any atom is -0.343 e. The third kappa shape index (κ3) is 2.27. The highest BCUT2D eigenvalue weighted by molar-refractivity contribution is 9.10. The topological polar surface area (TPSA) is 51.1 Å². The summed E-state index contributed by atoms with van der Waals surface area (Å²) in [7, 11) is 0. The van der Waals surface area contributed by atoms with Gasteiger partial charge in [-0.15, -0.1) is 0 Å². The van der Waals surface area contributed by atoms with Crippen molar-refractivity contribution in [1.29, 1.82) is 0 Å². The zero-order valence-corrected chi connectivity index (χ0v) is 14.6. The van der Waals surface area contributed by atoms with Crippen LogP contribution >= 0.6 is 15.9 Å². The lowest BCUT2D eigenvalue weighted by Crippen LogP contribution is -2.23. The van der Waals surface area contributed by atoms with Crippen LogP contribution in [0.25, 0.3) is 10.9 Å². The van der Waals surface area contributed by atoms with E-state index in [1.165, 1.54) is 0 Å². The van der Waals surface area contributed by atoms with Gasteiger partial charge in [0.25, 0.3) is 5.91 Å². The summed E-state index contributed by atoms with van der Waals surface area (Å²) in [6, 6.07) is 13.3. The fourth-order valence-electron chi connectivity index (χ4n) is 3.33. The van der Waals surface area contributed by atoms with E-state index in [0.717, 1.165) is 22.0 Å². The smallest absolute Gasteiger partial charge is 0.261 e. The fraction of sp³-hybridized carbons (Fsp3) is 0.158. The molecule has 0 fully saturated rings. The molecule has 0 saturated heterocycles. The predicted octanol–water partition coefficient (Wildman–Crippen LogP) is 4.13. The van der Waals surface area contributed by atoms with Crippen molar-refractivity contribution in [1.82, 2.24) is 4.57 Å². The molecule has 3 aromatic rings. The molecule has 2 heterocycles. The molecule has 1 N–H and O–H groups in total. The Balaban J connectivity index is 1.84. The molecule has 1 aliphatic rings. The van der Waals surface area contributed by atoms with E-state index in [1.54, 1.807) is 18.3 Å². The van der Waals surface area contributed by atoms with Crippen molar-refractivity contribution < 1.29 is 4.79 Å². The predicted molar refractivity (Wildman–Crippen MR) is 98.7 cm³/mol. The van der Waals surface area contributed by atoms with Gasteiger partial charge in [-0.1, -0.05) is 24.3 Å². The Morgan fingerprint density at radius 1 is 1.21 bits per heavy atom. The number of pyridine rings is 1. The maximum Gasteiger partial charge on any atom is 0.261 e. The molecule has 1 unspecified atom stereocenters. The van der Waals surface area contributed by atoms with Crippen LogP contribution in [-0.2, 0) is 6.42 Å². The Hall–Kier alpha value is -2.40. The van der Waals surface area contributed by atoms with Crippen LogP contribution in [0.1, 0.15) is 28.9 Å². The Morgan fingerprint density at radius 2 is 2.00 bits per heavy atom. The molecule has 0 saturated carbocycles. The number of hydrogen-bond acceptors (Lipinski definition) is 2. The number of nitrogens with one attached hydrogen (secondary N) is 1. The quantitative estimate of drug-likeness (QED) is 0.724. The van der Waals surface area contributed by atoms with Crippen molar-refractivity contribution in [2.24, 2.45) is 0 Å². The van der Waals surface area contributed by atoms with Gasteiger partial charge in [-0.2, -0.15) is 0 Å². The lowest BCUT2D eigenvalue weighted by Gasteiger charge is -2.13. The Labute approximate surface area is 147 Å². The van der Waals surface area contributed by atoms with E-state index in [0.29, 0.717) is 11.1 Å². The highest BCUT2D eigenvalue weighted by Crippen LogP contribution is 2.31. The second-order valence-corrected chi connectivity index (χ2v) is 6.93. The van der Waals surface area contributed by atoms with E-state index in [4.69, 9.17) is 0 Å². The number of carbonyl (C=O) groups is 1. The fourth-order valence-corrected chi connectivity index (χ4v) is 3.71. The second kappa shape index (κ2) is 5.60. The van der Waals surface area contributed by atoms with Crippen molar-refractivity contribution in [3.05, 3.63) is 74.5 Å². The van der Waals surface area contributed by atoms with Crippen LogP contribution in [0.3, 0.4) is 0 Å². The molecule has 1 atom stereocenters. The summed E-state index contributed by atoms with van der Waals surface area (Å²) >= 11 is 3.40. The Kier molecular flexibility index (Phi) is 3.53. The summed E-state index contributed by atoms with van der Waals surface area (Å²) in [5.74, 6) is -0.387. The number of anilines is 1. The highest BCUT2D eigenvalue weighted by Gasteiger charge is 2.24. The Bertz CT molecular complexity index is 1040. The molecular formula is C19H15BrN2O2. The van der Waals surface area contributed by atoms with Crippen molar-refractivity contribution in [2.45, 2.75) is 19.4 Å². The molecule has 1 amide bonds. The molecule has 0 aliphatic carbocycles. The number of amides is 1. The van der Waals surface area contributed by atoms with Gasteiger partial charge >= 0.3 is 0 Å². The van der Waals surface area contributed by atoms with Crippen LogP contribution < -0.4 is 10.7 Å². The lowest BCUT2D eigenvalue weighted by atomic mass is 10.1. The van der Waals surface area contributed by atoms with Crippen LogP contribution in [0.15, 0.2) is 57.9 Å². The first-order valence-electron chi connectivity index (χ1n) is 7.79. The number of halogens is 1. The van der Waals surface area contributed by atoms with Crippen molar-refractivity contribution in [3.63, 3.8) is 0 Å². The highest BCUT2D eigenvalue weighted by atomic mass is 79.9. The molecule has 5 heteroatoms. The Morgan fingerprint density at radius 3 is 2.79 bits per heavy atom. The first-order chi connectivity index (χ1) is 11.6. The van der Waals surface area contributed by atoms with E-state index in [2.05, 4.69) is 28.2 Å². The molecule has 0 bridgehead atoms. The van der Waals surface area contributed by atoms with Crippen LogP contribution in [0.2, 0.25) is 0 Å². The third-order valence-electron chi connectivity index (χ3n) is 4.49. The molecule has 1 aliphatic heterocycles. The van der Waals surface area contributed by atoms with Crippen LogP contribution in [0.4, 0.5) is 5.69 Å². The number of rotatable bonds is 2. The SMILES string of the molecule is CC1Cc2cccc3c(=O)c(C(=O)Nc4ccccc4Br)cn1c23. The normalized spacial score (nSPS) is 15.7. The molecule has 24 heavy (non-hydrogen) atoms. The van der Waals surface area contributed by atoms with Crippen molar-refractivity contribution >= 4 is 38.4 Å². The monoisotopic (exact) mass is 382 g/mol. The van der Waals surface area contributed by atoms with Gasteiger partial charge in [0.2, 0.25) is 5.43 Å². The lowest BCUT2D eigenvalue weighted by molar-refractivity contribution is 0.102. The summed E-state index contributed by atoms with van der Waals surface area (Å²) in [6.07, 6.45) is 2.57. The van der Waals surface area contributed by atoms with E-state index in [-0.39, 0.29) is 22.9 Å². The second-order valence-electron chi connectivity index (χ2n) is 6.08. The van der Waals surface area contributed by atoms with E-state index < -0.39 is 0 Å². The first kappa shape index (κ1) is 15.1. The number of para-hydroxylation sites is 2. The largest absolute Gasteiger partial charge is 0.343 e. The molecule has 120 valence electrons. The number of nitrogens with zero attached hydrogens (tertiary/aromatic N) is 1. The number of aromatic nitrogens is 1. The van der Waals surface area contributed by atoms with Gasteiger partial charge < -0.3 is 9.88 Å². The van der Waals surface area contributed by atoms with Gasteiger partial charge in [0.1, 0.15) is 5.56 Å². The van der Waals surface area contributed by atoms with Crippen molar-refractivity contribution in [3.8, 4) is 0 Å². The van der Waals surface area contributed by atoms with Gasteiger partial charge in [0.15, 0.2) is 0 Å². The summed E-state index contributed by atoms with van der Waals surface area (Å²) in [5.41, 5.74) is 2.71. The molecular weight excluding hydrogens is 368 g/mol. The van der Waals surface area contributed by atoms with Gasteiger partial charge in [0.05, 0.1) is 11.2 Å². The summed E-state index contributed by atoms with van der Waals surface area (Å²) < 4.78 is 2.82. The molecule has 4 rings (SSSR count). The van der Waals surface area contributed by atoms with Crippen molar-refractivity contribution in [2.75, 3.05) is 5.32 Å². The van der Waals surface area contributed by atoms with E-state index in [1.807, 2.05) is 34.9 Å². The zero-order valence-electron chi connectivity index (χ0n) is 13.0. The zero-order chi connectivity index (χ0) is 16.8. The maximum absolute atomic E-state index is 12.8. The minimum atomic E-state index is -0.387. The molecule has 0 spiro atoms. The first-order valence-corrected chi connectivity index (χ1v) is 8.58. The average Bonchev–Trinajstić information content (AvgIpc) is 2.89.